The highest BCUT2D eigenvalue weighted by molar-refractivity contribution is 5.80. The number of hydrogen-bond donors (Lipinski definition) is 3. The van der Waals surface area contributed by atoms with E-state index in [1.165, 1.54) is 17.2 Å². The number of carboxylic acids is 1. The van der Waals surface area contributed by atoms with Crippen LogP contribution in [0.2, 0.25) is 0 Å². The first kappa shape index (κ1) is 25.5. The summed E-state index contributed by atoms with van der Waals surface area (Å²) in [5, 5.41) is 14.5. The second kappa shape index (κ2) is 11.9. The van der Waals surface area contributed by atoms with E-state index in [4.69, 9.17) is 9.47 Å². The fourth-order valence-corrected chi connectivity index (χ4v) is 4.37. The highest BCUT2D eigenvalue weighted by Crippen LogP contribution is 2.44. The van der Waals surface area contributed by atoms with Crippen LogP contribution < -0.4 is 10.6 Å². The third-order valence-corrected chi connectivity index (χ3v) is 6.17. The average Bonchev–Trinajstić information content (AvgIpc) is 3.23. The Morgan fingerprint density at radius 3 is 2.05 bits per heavy atom. The maximum absolute atomic E-state index is 12.4. The van der Waals surface area contributed by atoms with Gasteiger partial charge < -0.3 is 25.2 Å². The Morgan fingerprint density at radius 1 is 0.865 bits per heavy atom. The first-order valence-electron chi connectivity index (χ1n) is 11.9. The van der Waals surface area contributed by atoms with Crippen molar-refractivity contribution in [3.8, 4) is 11.1 Å². The molecule has 0 saturated carbocycles. The SMILES string of the molecule is C=CCOC(=O)N[C@@H](Cc1ccc(CNC(=O)OCC2c3ccccc3-c3ccccc32)cc1)C(=O)O. The molecule has 8 heteroatoms. The Labute approximate surface area is 214 Å². The van der Waals surface area contributed by atoms with Crippen molar-refractivity contribution in [2.75, 3.05) is 13.2 Å². The minimum absolute atomic E-state index is 0.0104. The van der Waals surface area contributed by atoms with Gasteiger partial charge in [0, 0.05) is 18.9 Å². The Kier molecular flexibility index (Phi) is 8.20. The Morgan fingerprint density at radius 2 is 1.46 bits per heavy atom. The van der Waals surface area contributed by atoms with Crippen LogP contribution in [0.5, 0.6) is 0 Å². The van der Waals surface area contributed by atoms with Crippen LogP contribution in [-0.4, -0.2) is 42.5 Å². The molecular formula is C29H28N2O6. The predicted octanol–water partition coefficient (Wildman–Crippen LogP) is 4.63. The maximum atomic E-state index is 12.4. The predicted molar refractivity (Wildman–Crippen MR) is 138 cm³/mol. The van der Waals surface area contributed by atoms with E-state index >= 15 is 0 Å². The summed E-state index contributed by atoms with van der Waals surface area (Å²) in [5.74, 6) is -1.18. The van der Waals surface area contributed by atoms with Crippen molar-refractivity contribution in [2.45, 2.75) is 24.9 Å². The summed E-state index contributed by atoms with van der Waals surface area (Å²) >= 11 is 0. The van der Waals surface area contributed by atoms with Gasteiger partial charge >= 0.3 is 18.2 Å². The van der Waals surface area contributed by atoms with Crippen LogP contribution >= 0.6 is 0 Å². The van der Waals surface area contributed by atoms with Gasteiger partial charge in [0.15, 0.2) is 0 Å². The van der Waals surface area contributed by atoms with Crippen molar-refractivity contribution >= 4 is 18.2 Å². The summed E-state index contributed by atoms with van der Waals surface area (Å²) in [6, 6.07) is 22.2. The molecule has 8 nitrogen and oxygen atoms in total. The van der Waals surface area contributed by atoms with Gasteiger partial charge in [-0.1, -0.05) is 85.5 Å². The molecule has 0 aliphatic heterocycles. The second-order valence-corrected chi connectivity index (χ2v) is 8.62. The van der Waals surface area contributed by atoms with Crippen LogP contribution in [0.25, 0.3) is 11.1 Å². The first-order valence-corrected chi connectivity index (χ1v) is 11.9. The van der Waals surface area contributed by atoms with Gasteiger partial charge in [0.2, 0.25) is 0 Å². The van der Waals surface area contributed by atoms with E-state index in [-0.39, 0.29) is 32.1 Å². The quantitative estimate of drug-likeness (QED) is 0.350. The fourth-order valence-electron chi connectivity index (χ4n) is 4.37. The van der Waals surface area contributed by atoms with Crippen LogP contribution in [0.3, 0.4) is 0 Å². The van der Waals surface area contributed by atoms with Crippen molar-refractivity contribution in [3.05, 3.63) is 108 Å². The molecule has 0 bridgehead atoms. The maximum Gasteiger partial charge on any atom is 0.408 e. The molecule has 0 aromatic heterocycles. The number of aliphatic carboxylic acids is 1. The zero-order valence-corrected chi connectivity index (χ0v) is 20.2. The van der Waals surface area contributed by atoms with Gasteiger partial charge in [-0.2, -0.15) is 0 Å². The summed E-state index contributed by atoms with van der Waals surface area (Å²) < 4.78 is 10.3. The molecule has 2 amide bonds. The summed E-state index contributed by atoms with van der Waals surface area (Å²) in [5.41, 5.74) is 6.16. The second-order valence-electron chi connectivity index (χ2n) is 8.62. The number of hydrogen-bond acceptors (Lipinski definition) is 5. The number of fused-ring (bicyclic) bond motifs is 3. The molecule has 3 aromatic carbocycles. The van der Waals surface area contributed by atoms with Gasteiger partial charge in [-0.3, -0.25) is 0 Å². The number of nitrogens with one attached hydrogen (secondary N) is 2. The largest absolute Gasteiger partial charge is 0.480 e. The number of carbonyl (C=O) groups is 3. The minimum atomic E-state index is -1.17. The molecule has 0 heterocycles. The van der Waals surface area contributed by atoms with Gasteiger partial charge in [-0.05, 0) is 33.4 Å². The number of carboxylic acid groups (broad SMARTS) is 1. The molecule has 3 N–H and O–H groups in total. The van der Waals surface area contributed by atoms with E-state index in [1.807, 2.05) is 24.3 Å². The molecule has 37 heavy (non-hydrogen) atoms. The monoisotopic (exact) mass is 500 g/mol. The lowest BCUT2D eigenvalue weighted by Crippen LogP contribution is -2.42. The van der Waals surface area contributed by atoms with Crippen molar-refractivity contribution in [3.63, 3.8) is 0 Å². The van der Waals surface area contributed by atoms with E-state index in [9.17, 15) is 19.5 Å². The third kappa shape index (κ3) is 6.35. The average molecular weight is 501 g/mol. The minimum Gasteiger partial charge on any atom is -0.480 e. The lowest BCUT2D eigenvalue weighted by Gasteiger charge is -2.15. The zero-order chi connectivity index (χ0) is 26.2. The fraction of sp³-hybridized carbons (Fsp3) is 0.207. The van der Waals surface area contributed by atoms with Crippen molar-refractivity contribution in [2.24, 2.45) is 0 Å². The highest BCUT2D eigenvalue weighted by Gasteiger charge is 2.29. The molecule has 1 atom stereocenters. The topological polar surface area (TPSA) is 114 Å². The number of carbonyl (C=O) groups excluding carboxylic acids is 2. The number of alkyl carbamates (subject to hydrolysis) is 2. The molecule has 0 fully saturated rings. The van der Waals surface area contributed by atoms with E-state index in [0.717, 1.165) is 16.7 Å². The Hall–Kier alpha value is -4.59. The first-order chi connectivity index (χ1) is 18.0. The number of rotatable bonds is 10. The number of ether oxygens (including phenoxy) is 2. The van der Waals surface area contributed by atoms with Gasteiger partial charge in [-0.25, -0.2) is 14.4 Å². The normalized spacial score (nSPS) is 12.5. The van der Waals surface area contributed by atoms with Crippen molar-refractivity contribution in [1.82, 2.24) is 10.6 Å². The van der Waals surface area contributed by atoms with E-state index < -0.39 is 24.2 Å². The molecule has 190 valence electrons. The Bertz CT molecular complexity index is 1240. The van der Waals surface area contributed by atoms with Crippen LogP contribution in [0.15, 0.2) is 85.5 Å². The van der Waals surface area contributed by atoms with Crippen LogP contribution in [0, 0.1) is 0 Å². The van der Waals surface area contributed by atoms with Crippen LogP contribution in [0.1, 0.15) is 28.2 Å². The molecular weight excluding hydrogens is 472 g/mol. The number of benzene rings is 3. The molecule has 0 radical (unpaired) electrons. The summed E-state index contributed by atoms with van der Waals surface area (Å²) in [7, 11) is 0. The van der Waals surface area contributed by atoms with Crippen LogP contribution in [-0.2, 0) is 27.2 Å². The van der Waals surface area contributed by atoms with Crippen molar-refractivity contribution in [1.29, 1.82) is 0 Å². The molecule has 3 aromatic rings. The van der Waals surface area contributed by atoms with Gasteiger partial charge in [-0.15, -0.1) is 0 Å². The summed E-state index contributed by atoms with van der Waals surface area (Å²) in [6.07, 6.45) is 0.138. The van der Waals surface area contributed by atoms with Crippen LogP contribution in [0.4, 0.5) is 9.59 Å². The van der Waals surface area contributed by atoms with Gasteiger partial charge in [0.25, 0.3) is 0 Å². The molecule has 0 unspecified atom stereocenters. The van der Waals surface area contributed by atoms with E-state index in [0.29, 0.717) is 5.56 Å². The summed E-state index contributed by atoms with van der Waals surface area (Å²) in [4.78, 5) is 35.6. The highest BCUT2D eigenvalue weighted by atomic mass is 16.6. The molecule has 1 aliphatic rings. The van der Waals surface area contributed by atoms with Gasteiger partial charge in [0.05, 0.1) is 0 Å². The van der Waals surface area contributed by atoms with Crippen molar-refractivity contribution < 1.29 is 29.0 Å². The lowest BCUT2D eigenvalue weighted by molar-refractivity contribution is -0.139. The molecule has 0 saturated heterocycles. The molecule has 0 spiro atoms. The van der Waals surface area contributed by atoms with E-state index in [2.05, 4.69) is 41.5 Å². The third-order valence-electron chi connectivity index (χ3n) is 6.17. The lowest BCUT2D eigenvalue weighted by atomic mass is 9.98. The smallest absolute Gasteiger partial charge is 0.408 e. The summed E-state index contributed by atoms with van der Waals surface area (Å²) in [6.45, 7) is 3.92. The standard InChI is InChI=1S/C29H28N2O6/c1-2-15-36-29(35)31-26(27(32)33)16-19-11-13-20(14-12-19)17-30-28(34)37-18-25-23-9-5-3-7-21(23)22-8-4-6-10-24(22)25/h2-14,25-26H,1,15-18H2,(H,30,34)(H,31,35)(H,32,33)/t26-/m0/s1. The molecule has 1 aliphatic carbocycles. The number of amides is 2. The van der Waals surface area contributed by atoms with Gasteiger partial charge in [0.1, 0.15) is 19.3 Å². The zero-order valence-electron chi connectivity index (χ0n) is 20.2. The van der Waals surface area contributed by atoms with E-state index in [1.54, 1.807) is 24.3 Å². The molecule has 4 rings (SSSR count). The Balaban J connectivity index is 1.27.